The number of anilines is 3. The molecule has 0 aliphatic rings. The van der Waals surface area contributed by atoms with Crippen molar-refractivity contribution in [1.82, 2.24) is 0 Å². The molecular formula is C19H17N3O3S. The molecule has 0 bridgehead atoms. The third-order valence-electron chi connectivity index (χ3n) is 3.68. The highest BCUT2D eigenvalue weighted by Crippen LogP contribution is 2.33. The van der Waals surface area contributed by atoms with Gasteiger partial charge in [0.05, 0.1) is 22.0 Å². The van der Waals surface area contributed by atoms with Crippen LogP contribution in [0.4, 0.5) is 21.9 Å². The first kappa shape index (κ1) is 17.5. The second-order valence-electron chi connectivity index (χ2n) is 5.44. The summed E-state index contributed by atoms with van der Waals surface area (Å²) in [5, 5.41) is 0. The van der Waals surface area contributed by atoms with Crippen molar-refractivity contribution < 1.29 is 13.2 Å². The molecule has 3 N–H and O–H groups in total. The lowest BCUT2D eigenvalue weighted by atomic mass is 10.2. The molecule has 0 aromatic heterocycles. The lowest BCUT2D eigenvalue weighted by molar-refractivity contribution is 0.256. The van der Waals surface area contributed by atoms with E-state index in [1.54, 1.807) is 66.7 Å². The summed E-state index contributed by atoms with van der Waals surface area (Å²) in [5.41, 5.74) is 6.68. The summed E-state index contributed by atoms with van der Waals surface area (Å²) in [6.45, 7) is 0. The van der Waals surface area contributed by atoms with Crippen LogP contribution in [0, 0.1) is 0 Å². The highest BCUT2D eigenvalue weighted by molar-refractivity contribution is 7.92. The molecule has 0 atom stereocenters. The zero-order chi connectivity index (χ0) is 18.6. The maximum absolute atomic E-state index is 12.6. The molecule has 3 aromatic rings. The first-order valence-corrected chi connectivity index (χ1v) is 9.29. The number of urea groups is 1. The van der Waals surface area contributed by atoms with Crippen molar-refractivity contribution in [3.05, 3.63) is 84.9 Å². The number of carbonyl (C=O) groups is 1. The van der Waals surface area contributed by atoms with E-state index in [0.717, 1.165) is 0 Å². The van der Waals surface area contributed by atoms with Crippen LogP contribution < -0.4 is 15.4 Å². The SMILES string of the molecule is NC(=O)N(c1ccccc1)c1ccccc1NS(=O)(=O)c1ccccc1. The van der Waals surface area contributed by atoms with Crippen LogP contribution in [-0.4, -0.2) is 14.4 Å². The number of nitrogens with zero attached hydrogens (tertiary/aromatic N) is 1. The predicted molar refractivity (Wildman–Crippen MR) is 102 cm³/mol. The maximum Gasteiger partial charge on any atom is 0.323 e. The van der Waals surface area contributed by atoms with Crippen molar-refractivity contribution in [3.8, 4) is 0 Å². The highest BCUT2D eigenvalue weighted by Gasteiger charge is 2.21. The summed E-state index contributed by atoms with van der Waals surface area (Å²) in [5.74, 6) is 0. The molecule has 0 fully saturated rings. The fraction of sp³-hybridized carbons (Fsp3) is 0. The van der Waals surface area contributed by atoms with Gasteiger partial charge in [-0.2, -0.15) is 0 Å². The Morgan fingerprint density at radius 1 is 0.808 bits per heavy atom. The van der Waals surface area contributed by atoms with Crippen molar-refractivity contribution in [2.24, 2.45) is 5.73 Å². The number of nitrogens with one attached hydrogen (secondary N) is 1. The van der Waals surface area contributed by atoms with Gasteiger partial charge in [-0.3, -0.25) is 9.62 Å². The number of primary amides is 1. The summed E-state index contributed by atoms with van der Waals surface area (Å²) in [7, 11) is -3.81. The van der Waals surface area contributed by atoms with Crippen molar-refractivity contribution in [3.63, 3.8) is 0 Å². The van der Waals surface area contributed by atoms with E-state index in [-0.39, 0.29) is 10.6 Å². The summed E-state index contributed by atoms with van der Waals surface area (Å²) in [4.78, 5) is 13.4. The van der Waals surface area contributed by atoms with E-state index in [4.69, 9.17) is 5.73 Å². The van der Waals surface area contributed by atoms with Crippen LogP contribution in [0.1, 0.15) is 0 Å². The monoisotopic (exact) mass is 367 g/mol. The van der Waals surface area contributed by atoms with Crippen molar-refractivity contribution in [1.29, 1.82) is 0 Å². The zero-order valence-corrected chi connectivity index (χ0v) is 14.6. The summed E-state index contributed by atoms with van der Waals surface area (Å²) in [6, 6.07) is 22.6. The summed E-state index contributed by atoms with van der Waals surface area (Å²) >= 11 is 0. The smallest absolute Gasteiger partial charge is 0.323 e. The molecule has 0 spiro atoms. The largest absolute Gasteiger partial charge is 0.351 e. The van der Waals surface area contributed by atoms with Gasteiger partial charge in [-0.15, -0.1) is 0 Å². The second-order valence-corrected chi connectivity index (χ2v) is 7.13. The van der Waals surface area contributed by atoms with E-state index in [9.17, 15) is 13.2 Å². The van der Waals surface area contributed by atoms with E-state index in [2.05, 4.69) is 4.72 Å². The van der Waals surface area contributed by atoms with E-state index in [1.807, 2.05) is 6.07 Å². The third-order valence-corrected chi connectivity index (χ3v) is 5.06. The van der Waals surface area contributed by atoms with Gasteiger partial charge in [0, 0.05) is 0 Å². The lowest BCUT2D eigenvalue weighted by Crippen LogP contribution is -2.32. The van der Waals surface area contributed by atoms with Gasteiger partial charge in [0.1, 0.15) is 0 Å². The van der Waals surface area contributed by atoms with Gasteiger partial charge in [-0.25, -0.2) is 13.2 Å². The van der Waals surface area contributed by atoms with Crippen molar-refractivity contribution >= 4 is 33.1 Å². The van der Waals surface area contributed by atoms with Crippen LogP contribution in [0.5, 0.6) is 0 Å². The minimum atomic E-state index is -3.81. The molecule has 3 aromatic carbocycles. The van der Waals surface area contributed by atoms with E-state index in [1.165, 1.54) is 17.0 Å². The van der Waals surface area contributed by atoms with Gasteiger partial charge in [0.15, 0.2) is 0 Å². The third kappa shape index (κ3) is 3.68. The van der Waals surface area contributed by atoms with Crippen LogP contribution in [0.15, 0.2) is 89.8 Å². The topological polar surface area (TPSA) is 92.5 Å². The number of amides is 2. The number of nitrogens with two attached hydrogens (primary N) is 1. The van der Waals surface area contributed by atoms with Crippen LogP contribution in [0.3, 0.4) is 0 Å². The lowest BCUT2D eigenvalue weighted by Gasteiger charge is -2.23. The van der Waals surface area contributed by atoms with Crippen molar-refractivity contribution in [2.75, 3.05) is 9.62 Å². The molecule has 26 heavy (non-hydrogen) atoms. The fourth-order valence-corrected chi connectivity index (χ4v) is 3.62. The molecule has 0 unspecified atom stereocenters. The molecule has 0 aliphatic heterocycles. The Labute approximate surface area is 151 Å². The van der Waals surface area contributed by atoms with Gasteiger partial charge in [-0.05, 0) is 36.4 Å². The number of hydrogen-bond acceptors (Lipinski definition) is 3. The minimum absolute atomic E-state index is 0.125. The van der Waals surface area contributed by atoms with Gasteiger partial charge >= 0.3 is 6.03 Å². The molecule has 132 valence electrons. The molecule has 0 heterocycles. The van der Waals surface area contributed by atoms with E-state index < -0.39 is 16.1 Å². The quantitative estimate of drug-likeness (QED) is 0.720. The summed E-state index contributed by atoms with van der Waals surface area (Å²) < 4.78 is 27.8. The Morgan fingerprint density at radius 3 is 1.96 bits per heavy atom. The van der Waals surface area contributed by atoms with Crippen LogP contribution in [0.25, 0.3) is 0 Å². The van der Waals surface area contributed by atoms with Crippen molar-refractivity contribution in [2.45, 2.75) is 4.90 Å². The Bertz CT molecular complexity index is 1010. The van der Waals surface area contributed by atoms with Crippen LogP contribution in [-0.2, 0) is 10.0 Å². The number of benzene rings is 3. The molecule has 0 aliphatic carbocycles. The zero-order valence-electron chi connectivity index (χ0n) is 13.7. The van der Waals surface area contributed by atoms with E-state index in [0.29, 0.717) is 11.4 Å². The molecule has 2 amide bonds. The molecule has 3 rings (SSSR count). The molecule has 0 radical (unpaired) electrons. The number of hydrogen-bond donors (Lipinski definition) is 2. The Hall–Kier alpha value is -3.32. The molecular weight excluding hydrogens is 350 g/mol. The average molecular weight is 367 g/mol. The second kappa shape index (κ2) is 7.28. The first-order valence-electron chi connectivity index (χ1n) is 7.80. The number of para-hydroxylation sites is 3. The van der Waals surface area contributed by atoms with Gasteiger partial charge in [0.2, 0.25) is 0 Å². The minimum Gasteiger partial charge on any atom is -0.351 e. The molecule has 0 saturated carbocycles. The van der Waals surface area contributed by atoms with Crippen LogP contribution in [0.2, 0.25) is 0 Å². The van der Waals surface area contributed by atoms with Gasteiger partial charge < -0.3 is 5.73 Å². The predicted octanol–water partition coefficient (Wildman–Crippen LogP) is 3.70. The van der Waals surface area contributed by atoms with Gasteiger partial charge in [0.25, 0.3) is 10.0 Å². The van der Waals surface area contributed by atoms with Gasteiger partial charge in [-0.1, -0.05) is 48.5 Å². The fourth-order valence-electron chi connectivity index (χ4n) is 2.52. The molecule has 6 nitrogen and oxygen atoms in total. The standard InChI is InChI=1S/C19H17N3O3S/c20-19(23)22(15-9-3-1-4-10-15)18-14-8-7-13-17(18)21-26(24,25)16-11-5-2-6-12-16/h1-14,21H,(H2,20,23). The highest BCUT2D eigenvalue weighted by atomic mass is 32.2. The normalized spacial score (nSPS) is 10.9. The Balaban J connectivity index is 2.04. The average Bonchev–Trinajstić information content (AvgIpc) is 2.64. The number of rotatable bonds is 5. The van der Waals surface area contributed by atoms with Crippen LogP contribution >= 0.6 is 0 Å². The maximum atomic E-state index is 12.6. The number of sulfonamides is 1. The Kier molecular flexibility index (Phi) is 4.90. The molecule has 7 heteroatoms. The molecule has 0 saturated heterocycles. The Morgan fingerprint density at radius 2 is 1.35 bits per heavy atom. The summed E-state index contributed by atoms with van der Waals surface area (Å²) in [6.07, 6.45) is 0. The number of carbonyl (C=O) groups excluding carboxylic acids is 1. The first-order chi connectivity index (χ1) is 12.5. The van der Waals surface area contributed by atoms with E-state index >= 15 is 0 Å².